The number of carboxylic acids is 1. The number of carboxylic acid groups (broad SMARTS) is 1. The highest BCUT2D eigenvalue weighted by atomic mass is 16.5. The van der Waals surface area contributed by atoms with Crippen molar-refractivity contribution in [1.29, 1.82) is 0 Å². The second kappa shape index (κ2) is 8.34. The van der Waals surface area contributed by atoms with Crippen LogP contribution in [-0.4, -0.2) is 23.7 Å². The van der Waals surface area contributed by atoms with E-state index in [2.05, 4.69) is 12.1 Å². The molecule has 0 fully saturated rings. The number of aryl methyl sites for hydroxylation is 2. The smallest absolute Gasteiger partial charge is 0.371 e. The molecule has 0 saturated heterocycles. The van der Waals surface area contributed by atoms with Crippen molar-refractivity contribution < 1.29 is 23.8 Å². The SMILES string of the molecule is CCOC(=O)C(C)c1oc(C(=O)O)cc1CCCc1ccccc1. The van der Waals surface area contributed by atoms with Gasteiger partial charge in [0.25, 0.3) is 0 Å². The Kier molecular flexibility index (Phi) is 6.18. The van der Waals surface area contributed by atoms with E-state index in [0.717, 1.165) is 18.4 Å². The minimum Gasteiger partial charge on any atom is -0.475 e. The van der Waals surface area contributed by atoms with Gasteiger partial charge in [0.05, 0.1) is 6.61 Å². The van der Waals surface area contributed by atoms with Gasteiger partial charge in [0, 0.05) is 0 Å². The van der Waals surface area contributed by atoms with Crippen LogP contribution in [0.3, 0.4) is 0 Å². The zero-order valence-electron chi connectivity index (χ0n) is 14.0. The number of rotatable bonds is 8. The van der Waals surface area contributed by atoms with E-state index in [9.17, 15) is 9.59 Å². The first kappa shape index (κ1) is 17.8. The minimum absolute atomic E-state index is 0.143. The van der Waals surface area contributed by atoms with Gasteiger partial charge in [0.15, 0.2) is 0 Å². The summed E-state index contributed by atoms with van der Waals surface area (Å²) in [5, 5.41) is 9.14. The van der Waals surface area contributed by atoms with E-state index in [1.54, 1.807) is 13.8 Å². The van der Waals surface area contributed by atoms with Gasteiger partial charge in [-0.2, -0.15) is 0 Å². The van der Waals surface area contributed by atoms with Crippen molar-refractivity contribution in [3.8, 4) is 0 Å². The Morgan fingerprint density at radius 3 is 2.54 bits per heavy atom. The summed E-state index contributed by atoms with van der Waals surface area (Å²) in [5.74, 6) is -1.92. The van der Waals surface area contributed by atoms with Crippen LogP contribution in [-0.2, 0) is 22.4 Å². The van der Waals surface area contributed by atoms with E-state index < -0.39 is 17.9 Å². The molecule has 1 unspecified atom stereocenters. The van der Waals surface area contributed by atoms with Crippen LogP contribution in [0.25, 0.3) is 0 Å². The van der Waals surface area contributed by atoms with Gasteiger partial charge in [-0.15, -0.1) is 0 Å². The Balaban J connectivity index is 2.12. The fraction of sp³-hybridized carbons (Fsp3) is 0.368. The molecule has 1 N–H and O–H groups in total. The van der Waals surface area contributed by atoms with Crippen LogP contribution in [0, 0.1) is 0 Å². The number of hydrogen-bond donors (Lipinski definition) is 1. The van der Waals surface area contributed by atoms with Crippen molar-refractivity contribution in [2.24, 2.45) is 0 Å². The van der Waals surface area contributed by atoms with Crippen molar-refractivity contribution in [3.63, 3.8) is 0 Å². The second-order valence-corrected chi connectivity index (χ2v) is 5.62. The molecule has 24 heavy (non-hydrogen) atoms. The molecule has 0 aliphatic rings. The molecule has 128 valence electrons. The van der Waals surface area contributed by atoms with Gasteiger partial charge in [-0.1, -0.05) is 30.3 Å². The summed E-state index contributed by atoms with van der Waals surface area (Å²) in [4.78, 5) is 23.1. The lowest BCUT2D eigenvalue weighted by Gasteiger charge is -2.10. The van der Waals surface area contributed by atoms with Crippen molar-refractivity contribution in [2.75, 3.05) is 6.61 Å². The van der Waals surface area contributed by atoms with Crippen molar-refractivity contribution in [2.45, 2.75) is 39.0 Å². The Hall–Kier alpha value is -2.56. The minimum atomic E-state index is -1.14. The molecular formula is C19H22O5. The van der Waals surface area contributed by atoms with Gasteiger partial charge < -0.3 is 14.3 Å². The van der Waals surface area contributed by atoms with E-state index in [4.69, 9.17) is 14.3 Å². The van der Waals surface area contributed by atoms with Crippen LogP contribution < -0.4 is 0 Å². The normalized spacial score (nSPS) is 11.9. The zero-order valence-corrected chi connectivity index (χ0v) is 14.0. The molecule has 2 rings (SSSR count). The van der Waals surface area contributed by atoms with E-state index >= 15 is 0 Å². The largest absolute Gasteiger partial charge is 0.475 e. The number of carbonyl (C=O) groups is 2. The maximum Gasteiger partial charge on any atom is 0.371 e. The van der Waals surface area contributed by atoms with Gasteiger partial charge in [0.1, 0.15) is 11.7 Å². The third kappa shape index (κ3) is 4.47. The number of ether oxygens (including phenoxy) is 1. The molecule has 0 aliphatic carbocycles. The lowest BCUT2D eigenvalue weighted by molar-refractivity contribution is -0.144. The van der Waals surface area contributed by atoms with Gasteiger partial charge in [0.2, 0.25) is 5.76 Å². The van der Waals surface area contributed by atoms with E-state index in [1.165, 1.54) is 11.6 Å². The highest BCUT2D eigenvalue weighted by Gasteiger charge is 2.26. The third-order valence-electron chi connectivity index (χ3n) is 3.84. The van der Waals surface area contributed by atoms with Crippen LogP contribution in [0.4, 0.5) is 0 Å². The fourth-order valence-corrected chi connectivity index (χ4v) is 2.61. The number of esters is 1. The summed E-state index contributed by atoms with van der Waals surface area (Å²) in [6.07, 6.45) is 2.36. The molecule has 0 aliphatic heterocycles. The van der Waals surface area contributed by atoms with Crippen LogP contribution in [0.1, 0.15) is 53.6 Å². The summed E-state index contributed by atoms with van der Waals surface area (Å²) in [6, 6.07) is 11.6. The van der Waals surface area contributed by atoms with Gasteiger partial charge >= 0.3 is 11.9 Å². The summed E-state index contributed by atoms with van der Waals surface area (Å²) < 4.78 is 10.4. The molecular weight excluding hydrogens is 308 g/mol. The van der Waals surface area contributed by atoms with E-state index in [0.29, 0.717) is 12.2 Å². The predicted octanol–water partition coefficient (Wildman–Crippen LogP) is 3.82. The van der Waals surface area contributed by atoms with Crippen molar-refractivity contribution in [3.05, 3.63) is 59.0 Å². The lowest BCUT2D eigenvalue weighted by atomic mass is 9.99. The van der Waals surface area contributed by atoms with Crippen molar-refractivity contribution in [1.82, 2.24) is 0 Å². The Bertz CT molecular complexity index is 687. The molecule has 1 aromatic carbocycles. The average Bonchev–Trinajstić information content (AvgIpc) is 3.00. The highest BCUT2D eigenvalue weighted by molar-refractivity contribution is 5.85. The Morgan fingerprint density at radius 2 is 1.92 bits per heavy atom. The Morgan fingerprint density at radius 1 is 1.21 bits per heavy atom. The topological polar surface area (TPSA) is 76.7 Å². The molecule has 5 nitrogen and oxygen atoms in total. The van der Waals surface area contributed by atoms with E-state index in [1.807, 2.05) is 18.2 Å². The number of furan rings is 1. The summed E-state index contributed by atoms with van der Waals surface area (Å²) in [5.41, 5.74) is 1.98. The second-order valence-electron chi connectivity index (χ2n) is 5.62. The first-order valence-electron chi connectivity index (χ1n) is 8.09. The number of aromatic carboxylic acids is 1. The first-order chi connectivity index (χ1) is 11.5. The van der Waals surface area contributed by atoms with E-state index in [-0.39, 0.29) is 12.4 Å². The zero-order chi connectivity index (χ0) is 17.5. The predicted molar refractivity (Wildman–Crippen MR) is 89.2 cm³/mol. The van der Waals surface area contributed by atoms with Gasteiger partial charge in [-0.3, -0.25) is 4.79 Å². The molecule has 0 spiro atoms. The maximum atomic E-state index is 11.9. The third-order valence-corrected chi connectivity index (χ3v) is 3.84. The molecule has 2 aromatic rings. The molecule has 1 atom stereocenters. The highest BCUT2D eigenvalue weighted by Crippen LogP contribution is 2.27. The maximum absolute atomic E-state index is 11.9. The molecule has 1 aromatic heterocycles. The fourth-order valence-electron chi connectivity index (χ4n) is 2.61. The number of hydrogen-bond acceptors (Lipinski definition) is 4. The summed E-state index contributed by atoms with van der Waals surface area (Å²) in [6.45, 7) is 3.68. The van der Waals surface area contributed by atoms with Crippen LogP contribution in [0.15, 0.2) is 40.8 Å². The van der Waals surface area contributed by atoms with Gasteiger partial charge in [-0.25, -0.2) is 4.79 Å². The molecule has 0 bridgehead atoms. The molecule has 0 amide bonds. The quantitative estimate of drug-likeness (QED) is 0.745. The molecule has 0 radical (unpaired) electrons. The van der Waals surface area contributed by atoms with Crippen LogP contribution >= 0.6 is 0 Å². The Labute approximate surface area is 141 Å². The molecule has 1 heterocycles. The summed E-state index contributed by atoms with van der Waals surface area (Å²) >= 11 is 0. The lowest BCUT2D eigenvalue weighted by Crippen LogP contribution is -2.13. The van der Waals surface area contributed by atoms with Gasteiger partial charge in [-0.05, 0) is 50.3 Å². The molecule has 5 heteroatoms. The number of carbonyl (C=O) groups excluding carboxylic acids is 1. The van der Waals surface area contributed by atoms with Crippen LogP contribution in [0.2, 0.25) is 0 Å². The average molecular weight is 330 g/mol. The van der Waals surface area contributed by atoms with Crippen LogP contribution in [0.5, 0.6) is 0 Å². The monoisotopic (exact) mass is 330 g/mol. The molecule has 0 saturated carbocycles. The first-order valence-corrected chi connectivity index (χ1v) is 8.09. The van der Waals surface area contributed by atoms with Crippen molar-refractivity contribution >= 4 is 11.9 Å². The standard InChI is InChI=1S/C19H22O5/c1-3-23-19(22)13(2)17-15(12-16(24-17)18(20)21)11-7-10-14-8-5-4-6-9-14/h4-6,8-9,12-13H,3,7,10-11H2,1-2H3,(H,20,21). The summed E-state index contributed by atoms with van der Waals surface area (Å²) in [7, 11) is 0. The number of benzene rings is 1.